The molecule has 0 saturated carbocycles. The minimum absolute atomic E-state index is 0.835. The van der Waals surface area contributed by atoms with Gasteiger partial charge >= 0.3 is 0 Å². The van der Waals surface area contributed by atoms with E-state index in [0.717, 1.165) is 60.4 Å². The molecule has 2 aromatic heterocycles. The zero-order valence-electron chi connectivity index (χ0n) is 12.9. The first-order valence-electron chi connectivity index (χ1n) is 7.48. The molecule has 21 heavy (non-hydrogen) atoms. The van der Waals surface area contributed by atoms with E-state index in [1.165, 1.54) is 0 Å². The van der Waals surface area contributed by atoms with Crippen LogP contribution < -0.4 is 10.6 Å². The highest BCUT2D eigenvalue weighted by atomic mass is 32.1. The molecule has 0 aliphatic heterocycles. The fraction of sp³-hybridized carbons (Fsp3) is 0.533. The van der Waals surface area contributed by atoms with E-state index in [1.807, 2.05) is 11.6 Å². The second-order valence-corrected chi connectivity index (χ2v) is 5.82. The molecule has 2 rings (SSSR count). The maximum absolute atomic E-state index is 4.60. The minimum atomic E-state index is 0.835. The summed E-state index contributed by atoms with van der Waals surface area (Å²) in [5.74, 6) is 2.74. The van der Waals surface area contributed by atoms with Gasteiger partial charge in [-0.05, 0) is 13.3 Å². The standard InChI is InChI=1S/C15H23N5S/c1-4-7-17-14-11(3)15(20-12(5-2)19-14)18-8-6-13-16-9-10-21-13/h9-10H,4-8H2,1-3H3,(H2,17,18,19,20). The summed E-state index contributed by atoms with van der Waals surface area (Å²) in [6.07, 6.45) is 4.68. The van der Waals surface area contributed by atoms with Gasteiger partial charge in [0.25, 0.3) is 0 Å². The lowest BCUT2D eigenvalue weighted by Crippen LogP contribution is -2.13. The van der Waals surface area contributed by atoms with E-state index in [9.17, 15) is 0 Å². The lowest BCUT2D eigenvalue weighted by molar-refractivity contribution is 0.898. The summed E-state index contributed by atoms with van der Waals surface area (Å²) >= 11 is 1.69. The highest BCUT2D eigenvalue weighted by Crippen LogP contribution is 2.20. The Morgan fingerprint density at radius 3 is 2.38 bits per heavy atom. The number of aryl methyl sites for hydroxylation is 1. The number of aromatic nitrogens is 3. The zero-order valence-corrected chi connectivity index (χ0v) is 13.8. The number of rotatable bonds is 8. The van der Waals surface area contributed by atoms with Gasteiger partial charge in [-0.3, -0.25) is 0 Å². The van der Waals surface area contributed by atoms with Crippen molar-refractivity contribution in [2.45, 2.75) is 40.0 Å². The van der Waals surface area contributed by atoms with Gasteiger partial charge in [0.05, 0.1) is 5.01 Å². The first-order chi connectivity index (χ1) is 10.2. The van der Waals surface area contributed by atoms with Gasteiger partial charge in [0, 0.05) is 43.1 Å². The highest BCUT2D eigenvalue weighted by Gasteiger charge is 2.09. The molecule has 0 atom stereocenters. The first-order valence-corrected chi connectivity index (χ1v) is 8.36. The maximum Gasteiger partial charge on any atom is 0.134 e. The van der Waals surface area contributed by atoms with Crippen molar-refractivity contribution in [1.29, 1.82) is 0 Å². The lowest BCUT2D eigenvalue weighted by Gasteiger charge is -2.14. The predicted molar refractivity (Wildman–Crippen MR) is 89.2 cm³/mol. The molecule has 0 unspecified atom stereocenters. The molecule has 0 saturated heterocycles. The van der Waals surface area contributed by atoms with Crippen molar-refractivity contribution in [3.8, 4) is 0 Å². The van der Waals surface area contributed by atoms with Crippen molar-refractivity contribution in [2.75, 3.05) is 23.7 Å². The Bertz CT molecular complexity index is 553. The van der Waals surface area contributed by atoms with Gasteiger partial charge in [0.1, 0.15) is 17.5 Å². The quantitative estimate of drug-likeness (QED) is 0.783. The largest absolute Gasteiger partial charge is 0.370 e. The summed E-state index contributed by atoms with van der Waals surface area (Å²) in [5, 5.41) is 9.95. The van der Waals surface area contributed by atoms with Crippen LogP contribution in [0.1, 0.15) is 36.7 Å². The van der Waals surface area contributed by atoms with E-state index in [2.05, 4.69) is 46.4 Å². The second kappa shape index (κ2) is 7.93. The Labute approximate surface area is 130 Å². The molecule has 6 heteroatoms. The summed E-state index contributed by atoms with van der Waals surface area (Å²) in [6, 6.07) is 0. The smallest absolute Gasteiger partial charge is 0.134 e. The molecule has 0 aromatic carbocycles. The molecule has 0 spiro atoms. The van der Waals surface area contributed by atoms with Crippen molar-refractivity contribution >= 4 is 23.0 Å². The molecule has 2 heterocycles. The van der Waals surface area contributed by atoms with E-state index in [4.69, 9.17) is 0 Å². The summed E-state index contributed by atoms with van der Waals surface area (Å²) in [4.78, 5) is 13.5. The van der Waals surface area contributed by atoms with E-state index in [0.29, 0.717) is 0 Å². The Hall–Kier alpha value is -1.69. The van der Waals surface area contributed by atoms with Crippen LogP contribution >= 0.6 is 11.3 Å². The molecule has 0 aliphatic carbocycles. The Kier molecular flexibility index (Phi) is 5.92. The monoisotopic (exact) mass is 305 g/mol. The van der Waals surface area contributed by atoms with Crippen LogP contribution in [-0.4, -0.2) is 28.0 Å². The molecule has 5 nitrogen and oxygen atoms in total. The summed E-state index contributed by atoms with van der Waals surface area (Å²) < 4.78 is 0. The fourth-order valence-electron chi connectivity index (χ4n) is 1.97. The summed E-state index contributed by atoms with van der Waals surface area (Å²) in [7, 11) is 0. The highest BCUT2D eigenvalue weighted by molar-refractivity contribution is 7.09. The molecular formula is C15H23N5S. The third kappa shape index (κ3) is 4.39. The fourth-order valence-corrected chi connectivity index (χ4v) is 2.59. The molecular weight excluding hydrogens is 282 g/mol. The normalized spacial score (nSPS) is 10.6. The third-order valence-electron chi connectivity index (χ3n) is 3.17. The van der Waals surface area contributed by atoms with Crippen LogP contribution in [0.3, 0.4) is 0 Å². The van der Waals surface area contributed by atoms with Crippen molar-refractivity contribution in [1.82, 2.24) is 15.0 Å². The first kappa shape index (κ1) is 15.7. The third-order valence-corrected chi connectivity index (χ3v) is 4.00. The molecule has 0 aliphatic rings. The van der Waals surface area contributed by atoms with Gasteiger partial charge in [-0.1, -0.05) is 13.8 Å². The van der Waals surface area contributed by atoms with E-state index in [-0.39, 0.29) is 0 Å². The van der Waals surface area contributed by atoms with Crippen LogP contribution in [0.2, 0.25) is 0 Å². The molecule has 0 bridgehead atoms. The molecule has 0 amide bonds. The van der Waals surface area contributed by atoms with E-state index >= 15 is 0 Å². The van der Waals surface area contributed by atoms with Crippen LogP contribution in [0.25, 0.3) is 0 Å². The van der Waals surface area contributed by atoms with E-state index in [1.54, 1.807) is 11.3 Å². The Balaban J connectivity index is 2.05. The number of nitrogens with one attached hydrogen (secondary N) is 2. The maximum atomic E-state index is 4.60. The van der Waals surface area contributed by atoms with Crippen LogP contribution in [0, 0.1) is 6.92 Å². The number of thiazole rings is 1. The van der Waals surface area contributed by atoms with Crippen LogP contribution in [0.15, 0.2) is 11.6 Å². The van der Waals surface area contributed by atoms with Crippen LogP contribution in [0.4, 0.5) is 11.6 Å². The Morgan fingerprint density at radius 2 is 1.81 bits per heavy atom. The van der Waals surface area contributed by atoms with Crippen LogP contribution in [-0.2, 0) is 12.8 Å². The van der Waals surface area contributed by atoms with Crippen molar-refractivity contribution in [3.63, 3.8) is 0 Å². The summed E-state index contributed by atoms with van der Waals surface area (Å²) in [5.41, 5.74) is 1.08. The number of hydrogen-bond acceptors (Lipinski definition) is 6. The molecule has 2 N–H and O–H groups in total. The number of hydrogen-bond donors (Lipinski definition) is 2. The average molecular weight is 305 g/mol. The van der Waals surface area contributed by atoms with Gasteiger partial charge in [0.2, 0.25) is 0 Å². The lowest BCUT2D eigenvalue weighted by atomic mass is 10.2. The van der Waals surface area contributed by atoms with Crippen molar-refractivity contribution in [2.24, 2.45) is 0 Å². The van der Waals surface area contributed by atoms with Crippen LogP contribution in [0.5, 0.6) is 0 Å². The average Bonchev–Trinajstić information content (AvgIpc) is 3.01. The van der Waals surface area contributed by atoms with Gasteiger partial charge in [-0.2, -0.15) is 0 Å². The molecule has 2 aromatic rings. The Morgan fingerprint density at radius 1 is 1.10 bits per heavy atom. The molecule has 0 fully saturated rings. The second-order valence-electron chi connectivity index (χ2n) is 4.84. The predicted octanol–water partition coefficient (Wildman–Crippen LogP) is 3.28. The van der Waals surface area contributed by atoms with Crippen molar-refractivity contribution in [3.05, 3.63) is 28.0 Å². The topological polar surface area (TPSA) is 62.7 Å². The summed E-state index contributed by atoms with van der Waals surface area (Å²) in [6.45, 7) is 8.05. The SMILES string of the molecule is CCCNc1nc(CC)nc(NCCc2nccs2)c1C. The zero-order chi connectivity index (χ0) is 15.1. The van der Waals surface area contributed by atoms with Gasteiger partial charge < -0.3 is 10.6 Å². The van der Waals surface area contributed by atoms with Gasteiger partial charge in [0.15, 0.2) is 0 Å². The number of anilines is 2. The van der Waals surface area contributed by atoms with E-state index < -0.39 is 0 Å². The molecule has 0 radical (unpaired) electrons. The van der Waals surface area contributed by atoms with Gasteiger partial charge in [-0.15, -0.1) is 11.3 Å². The van der Waals surface area contributed by atoms with Crippen molar-refractivity contribution < 1.29 is 0 Å². The number of nitrogens with zero attached hydrogens (tertiary/aromatic N) is 3. The molecule has 114 valence electrons. The minimum Gasteiger partial charge on any atom is -0.370 e. The van der Waals surface area contributed by atoms with Gasteiger partial charge in [-0.25, -0.2) is 15.0 Å².